The molecule has 2 N–H and O–H groups in total. The van der Waals surface area contributed by atoms with Gasteiger partial charge in [0.05, 0.1) is 12.6 Å². The lowest BCUT2D eigenvalue weighted by Gasteiger charge is -2.59. The molecular weight excluding hydrogens is 514 g/mol. The predicted octanol–water partition coefficient (Wildman–Crippen LogP) is 3.59. The topological polar surface area (TPSA) is 100 Å². The van der Waals surface area contributed by atoms with Gasteiger partial charge in [0.15, 0.2) is 21.8 Å². The molecule has 0 unspecified atom stereocenters. The Kier molecular flexibility index (Phi) is 5.41. The number of allylic oxidation sites excluding steroid dienone is 4. The summed E-state index contributed by atoms with van der Waals surface area (Å²) in [5.74, 6) is 0.777. The van der Waals surface area contributed by atoms with E-state index in [1.807, 2.05) is 18.2 Å². The van der Waals surface area contributed by atoms with Gasteiger partial charge < -0.3 is 14.6 Å². The molecule has 0 amide bonds. The van der Waals surface area contributed by atoms with Gasteiger partial charge in [-0.1, -0.05) is 31.6 Å². The summed E-state index contributed by atoms with van der Waals surface area (Å²) >= 11 is 3.33. The second-order valence-corrected chi connectivity index (χ2v) is 12.4. The Morgan fingerprint density at radius 1 is 1.31 bits per heavy atom. The van der Waals surface area contributed by atoms with Crippen LogP contribution in [0.25, 0.3) is 0 Å². The Hall–Kier alpha value is -1.58. The summed E-state index contributed by atoms with van der Waals surface area (Å²) in [5.41, 5.74) is -1.04. The molecule has 2 saturated carbocycles. The van der Waals surface area contributed by atoms with Crippen molar-refractivity contribution in [3.63, 3.8) is 0 Å². The molecule has 188 valence electrons. The first-order valence-electron chi connectivity index (χ1n) is 12.5. The Morgan fingerprint density at radius 2 is 2.11 bits per heavy atom. The molecular formula is C27H32BrNO6. The minimum atomic E-state index is -1.18. The number of hydroxylamine groups is 2. The van der Waals surface area contributed by atoms with Gasteiger partial charge in [-0.2, -0.15) is 5.06 Å². The quantitative estimate of drug-likeness (QED) is 0.557. The van der Waals surface area contributed by atoms with E-state index in [0.717, 1.165) is 24.2 Å². The Morgan fingerprint density at radius 3 is 2.83 bits per heavy atom. The maximum absolute atomic E-state index is 13.5. The maximum Gasteiger partial charge on any atom is 0.192 e. The van der Waals surface area contributed by atoms with Crippen molar-refractivity contribution in [2.75, 3.05) is 13.2 Å². The van der Waals surface area contributed by atoms with Crippen molar-refractivity contribution in [3.8, 4) is 0 Å². The normalized spacial score (nSPS) is 44.4. The van der Waals surface area contributed by atoms with Crippen LogP contribution in [-0.2, 0) is 21.0 Å². The zero-order valence-electron chi connectivity index (χ0n) is 20.1. The summed E-state index contributed by atoms with van der Waals surface area (Å²) in [7, 11) is 0. The number of fused-ring (bicyclic) bond motifs is 7. The number of ketones is 2. The molecule has 5 aliphatic rings. The number of halogens is 1. The molecule has 8 atom stereocenters. The second-order valence-electron chi connectivity index (χ2n) is 11.6. The largest absolute Gasteiger partial charge is 0.453 e. The minimum Gasteiger partial charge on any atom is -0.453 e. The molecule has 0 radical (unpaired) electrons. The van der Waals surface area contributed by atoms with Crippen LogP contribution in [0.5, 0.6) is 0 Å². The number of nitrogens with zero attached hydrogens (tertiary/aromatic N) is 1. The van der Waals surface area contributed by atoms with E-state index in [1.165, 1.54) is 0 Å². The van der Waals surface area contributed by atoms with Gasteiger partial charge >= 0.3 is 0 Å². The van der Waals surface area contributed by atoms with Gasteiger partial charge in [-0.15, -0.1) is 0 Å². The Labute approximate surface area is 213 Å². The van der Waals surface area contributed by atoms with Crippen LogP contribution in [0.2, 0.25) is 0 Å². The summed E-state index contributed by atoms with van der Waals surface area (Å²) in [6.07, 6.45) is 7.66. The molecule has 1 saturated heterocycles. The van der Waals surface area contributed by atoms with E-state index in [1.54, 1.807) is 11.1 Å². The third-order valence-electron chi connectivity index (χ3n) is 10.0. The highest BCUT2D eigenvalue weighted by Crippen LogP contribution is 2.70. The van der Waals surface area contributed by atoms with Crippen molar-refractivity contribution in [2.45, 2.75) is 57.8 Å². The highest BCUT2D eigenvalue weighted by molar-refractivity contribution is 9.10. The SMILES string of the molecule is C[C@]12C=CC(=O)CC1=CC[C@@H]1[C@@H]2[C@@H](O)C[C@@]2(C)[C@H]1C[C@H]1CN(Cc3ccc(Br)o3)O[C@]12C(=O)CO. The molecule has 6 rings (SSSR count). The minimum absolute atomic E-state index is 0.0124. The summed E-state index contributed by atoms with van der Waals surface area (Å²) in [5, 5.41) is 23.5. The Balaban J connectivity index is 1.36. The van der Waals surface area contributed by atoms with Crippen LogP contribution in [0.1, 0.15) is 45.3 Å². The number of rotatable bonds is 4. The zero-order valence-corrected chi connectivity index (χ0v) is 21.7. The van der Waals surface area contributed by atoms with Gasteiger partial charge in [0.25, 0.3) is 0 Å². The number of carbonyl (C=O) groups is 2. The molecule has 2 heterocycles. The van der Waals surface area contributed by atoms with Gasteiger partial charge in [-0.05, 0) is 65.2 Å². The first-order chi connectivity index (χ1) is 16.6. The average molecular weight is 546 g/mol. The summed E-state index contributed by atoms with van der Waals surface area (Å²) in [6, 6.07) is 3.70. The smallest absolute Gasteiger partial charge is 0.192 e. The van der Waals surface area contributed by atoms with Gasteiger partial charge in [-0.25, -0.2) is 0 Å². The lowest BCUT2D eigenvalue weighted by Crippen LogP contribution is -2.63. The van der Waals surface area contributed by atoms with E-state index in [9.17, 15) is 19.8 Å². The van der Waals surface area contributed by atoms with Crippen molar-refractivity contribution >= 4 is 27.5 Å². The highest BCUT2D eigenvalue weighted by Gasteiger charge is 2.75. The second kappa shape index (κ2) is 7.96. The number of aliphatic hydroxyl groups excluding tert-OH is 2. The third-order valence-corrected chi connectivity index (χ3v) is 10.4. The predicted molar refractivity (Wildman–Crippen MR) is 130 cm³/mol. The van der Waals surface area contributed by atoms with E-state index in [2.05, 4.69) is 35.9 Å². The van der Waals surface area contributed by atoms with Gasteiger partial charge in [0.1, 0.15) is 12.4 Å². The van der Waals surface area contributed by atoms with E-state index < -0.39 is 23.7 Å². The number of hydrogen-bond acceptors (Lipinski definition) is 7. The van der Waals surface area contributed by atoms with Gasteiger partial charge in [-0.3, -0.25) is 14.4 Å². The fourth-order valence-electron chi connectivity index (χ4n) is 8.67. The molecule has 1 aromatic heterocycles. The van der Waals surface area contributed by atoms with Crippen LogP contribution in [0, 0.1) is 34.5 Å². The van der Waals surface area contributed by atoms with Crippen LogP contribution in [0.15, 0.2) is 45.0 Å². The number of carbonyl (C=O) groups excluding carboxylic acids is 2. The van der Waals surface area contributed by atoms with Crippen molar-refractivity contribution in [1.29, 1.82) is 0 Å². The van der Waals surface area contributed by atoms with Crippen LogP contribution in [0.3, 0.4) is 0 Å². The monoisotopic (exact) mass is 545 g/mol. The lowest BCUT2D eigenvalue weighted by molar-refractivity contribution is -0.254. The van der Waals surface area contributed by atoms with E-state index in [4.69, 9.17) is 9.25 Å². The Bertz CT molecular complexity index is 1140. The summed E-state index contributed by atoms with van der Waals surface area (Å²) in [4.78, 5) is 32.1. The molecule has 35 heavy (non-hydrogen) atoms. The van der Waals surface area contributed by atoms with Crippen molar-refractivity contribution < 1.29 is 29.1 Å². The van der Waals surface area contributed by atoms with Crippen LogP contribution >= 0.6 is 15.9 Å². The molecule has 0 bridgehead atoms. The molecule has 3 fully saturated rings. The third kappa shape index (κ3) is 3.16. The lowest BCUT2D eigenvalue weighted by atomic mass is 9.47. The molecule has 4 aliphatic carbocycles. The fourth-order valence-corrected chi connectivity index (χ4v) is 9.01. The number of furan rings is 1. The van der Waals surface area contributed by atoms with Crippen molar-refractivity contribution in [1.82, 2.24) is 5.06 Å². The molecule has 0 aromatic carbocycles. The van der Waals surface area contributed by atoms with Crippen LogP contribution < -0.4 is 0 Å². The van der Waals surface area contributed by atoms with E-state index in [-0.39, 0.29) is 40.7 Å². The molecule has 1 aliphatic heterocycles. The summed E-state index contributed by atoms with van der Waals surface area (Å²) in [6.45, 7) is 4.61. The van der Waals surface area contributed by atoms with Gasteiger partial charge in [0.2, 0.25) is 0 Å². The standard InChI is InChI=1S/C27H32BrNO6/c1-25-8-7-17(31)9-15(25)3-5-19-20-10-16-12-29(13-18-4-6-23(28)34-18)35-27(16,22(33)14-30)26(20,2)11-21(32)24(19)25/h3-4,6-8,16,19-21,24,30,32H,5,9-14H2,1-2H3/t16-,19-,20-,21-,24+,25-,26-,27-/m0/s1. The molecule has 0 spiro atoms. The van der Waals surface area contributed by atoms with Crippen LogP contribution in [-0.4, -0.2) is 51.7 Å². The molecule has 8 heteroatoms. The number of hydrogen-bond donors (Lipinski definition) is 2. The van der Waals surface area contributed by atoms with Crippen LogP contribution in [0.4, 0.5) is 0 Å². The van der Waals surface area contributed by atoms with Crippen molar-refractivity contribution in [3.05, 3.63) is 46.4 Å². The fraction of sp³-hybridized carbons (Fsp3) is 0.630. The van der Waals surface area contributed by atoms with E-state index >= 15 is 0 Å². The first-order valence-corrected chi connectivity index (χ1v) is 13.3. The summed E-state index contributed by atoms with van der Waals surface area (Å²) < 4.78 is 6.30. The number of aliphatic hydroxyl groups is 2. The van der Waals surface area contributed by atoms with Gasteiger partial charge in [0, 0.05) is 35.6 Å². The first kappa shape index (κ1) is 23.8. The van der Waals surface area contributed by atoms with Crippen molar-refractivity contribution in [2.24, 2.45) is 34.5 Å². The molecule has 1 aromatic rings. The number of Topliss-reactive ketones (excluding diaryl/α,β-unsaturated/α-hetero) is 1. The average Bonchev–Trinajstić information content (AvgIpc) is 3.45. The van der Waals surface area contributed by atoms with E-state index in [0.29, 0.717) is 30.6 Å². The highest BCUT2D eigenvalue weighted by atomic mass is 79.9. The zero-order chi connectivity index (χ0) is 24.8. The molecule has 7 nitrogen and oxygen atoms in total. The maximum atomic E-state index is 13.5.